The van der Waals surface area contributed by atoms with Gasteiger partial charge in [-0.25, -0.2) is 0 Å². The molecular weight excluding hydrogens is 298 g/mol. The van der Waals surface area contributed by atoms with Crippen molar-refractivity contribution in [1.82, 2.24) is 10.1 Å². The summed E-state index contributed by atoms with van der Waals surface area (Å²) in [5.41, 5.74) is 2.62. The Morgan fingerprint density at radius 1 is 1.00 bits per heavy atom. The van der Waals surface area contributed by atoms with E-state index in [9.17, 15) is 0 Å². The van der Waals surface area contributed by atoms with Crippen molar-refractivity contribution in [2.45, 2.75) is 57.3 Å². The molecule has 5 rings (SSSR count). The predicted molar refractivity (Wildman–Crippen MR) is 93.5 cm³/mol. The number of benzene rings is 1. The molecule has 2 aliphatic carbocycles. The van der Waals surface area contributed by atoms with Crippen molar-refractivity contribution in [3.05, 3.63) is 35.7 Å². The van der Waals surface area contributed by atoms with Crippen molar-refractivity contribution >= 4 is 11.6 Å². The van der Waals surface area contributed by atoms with Gasteiger partial charge in [0.1, 0.15) is 0 Å². The van der Waals surface area contributed by atoms with E-state index in [0.717, 1.165) is 36.6 Å². The quantitative estimate of drug-likeness (QED) is 0.793. The van der Waals surface area contributed by atoms with Crippen LogP contribution in [0.1, 0.15) is 62.3 Å². The Labute approximate surface area is 143 Å². The second kappa shape index (κ2) is 5.91. The van der Waals surface area contributed by atoms with E-state index in [0.29, 0.717) is 5.92 Å². The van der Waals surface area contributed by atoms with Gasteiger partial charge < -0.3 is 9.42 Å². The van der Waals surface area contributed by atoms with Crippen LogP contribution in [-0.4, -0.2) is 16.7 Å². The van der Waals surface area contributed by atoms with Crippen LogP contribution in [0.5, 0.6) is 0 Å². The third-order valence-electron chi connectivity index (χ3n) is 6.45. The van der Waals surface area contributed by atoms with E-state index in [2.05, 4.69) is 34.3 Å². The van der Waals surface area contributed by atoms with Crippen molar-refractivity contribution in [2.24, 2.45) is 11.8 Å². The summed E-state index contributed by atoms with van der Waals surface area (Å²) < 4.78 is 5.71. The lowest BCUT2D eigenvalue weighted by Crippen LogP contribution is -2.27. The number of hydrogen-bond donors (Lipinski definition) is 0. The maximum atomic E-state index is 5.71. The molecule has 3 unspecified atom stereocenters. The maximum absolute atomic E-state index is 5.71. The molecular formula is C20H25N3O. The average molecular weight is 323 g/mol. The van der Waals surface area contributed by atoms with Crippen LogP contribution < -0.4 is 4.90 Å². The van der Waals surface area contributed by atoms with Gasteiger partial charge in [-0.2, -0.15) is 4.98 Å². The van der Waals surface area contributed by atoms with Crippen LogP contribution in [0.4, 0.5) is 11.6 Å². The fourth-order valence-corrected chi connectivity index (χ4v) is 5.15. The molecule has 4 nitrogen and oxygen atoms in total. The molecule has 1 aliphatic heterocycles. The van der Waals surface area contributed by atoms with Crippen molar-refractivity contribution in [3.8, 4) is 0 Å². The fourth-order valence-electron chi connectivity index (χ4n) is 5.15. The van der Waals surface area contributed by atoms with Gasteiger partial charge in [0.15, 0.2) is 0 Å². The van der Waals surface area contributed by atoms with Gasteiger partial charge in [0.2, 0.25) is 5.89 Å². The molecule has 0 spiro atoms. The Hall–Kier alpha value is -1.84. The minimum absolute atomic E-state index is 0.475. The molecule has 1 aromatic heterocycles. The second-order valence-electron chi connectivity index (χ2n) is 7.78. The molecule has 126 valence electrons. The van der Waals surface area contributed by atoms with Gasteiger partial charge in [-0.15, -0.1) is 0 Å². The highest BCUT2D eigenvalue weighted by Crippen LogP contribution is 2.46. The van der Waals surface area contributed by atoms with Crippen LogP contribution in [-0.2, 0) is 6.42 Å². The number of hydrogen-bond acceptors (Lipinski definition) is 4. The van der Waals surface area contributed by atoms with Gasteiger partial charge in [0.05, 0.1) is 0 Å². The van der Waals surface area contributed by atoms with E-state index in [4.69, 9.17) is 9.51 Å². The Bertz CT molecular complexity index is 725. The number of fused-ring (bicyclic) bond motifs is 2. The summed E-state index contributed by atoms with van der Waals surface area (Å²) in [5, 5.41) is 4.32. The van der Waals surface area contributed by atoms with Crippen molar-refractivity contribution in [3.63, 3.8) is 0 Å². The van der Waals surface area contributed by atoms with E-state index in [1.54, 1.807) is 0 Å². The summed E-state index contributed by atoms with van der Waals surface area (Å²) >= 11 is 0. The topological polar surface area (TPSA) is 42.2 Å². The molecule has 0 radical (unpaired) electrons. The normalized spacial score (nSPS) is 29.3. The standard InChI is InChI=1S/C20H25N3O/c1-2-7-16-13-17(10-9-14(16)5-1)19-21-20(22-24-19)23-12-11-15-6-3-4-8-18(15)23/h3-4,6,8,14,16-17H,1-2,5,7,9-13H2. The fraction of sp³-hybridized carbons (Fsp3) is 0.600. The second-order valence-corrected chi connectivity index (χ2v) is 7.78. The lowest BCUT2D eigenvalue weighted by atomic mass is 9.67. The first kappa shape index (κ1) is 14.5. The zero-order valence-electron chi connectivity index (χ0n) is 14.2. The zero-order chi connectivity index (χ0) is 15.9. The average Bonchev–Trinajstić information content (AvgIpc) is 3.28. The number of para-hydroxylation sites is 1. The van der Waals surface area contributed by atoms with Crippen LogP contribution >= 0.6 is 0 Å². The molecule has 0 saturated heterocycles. The SMILES string of the molecule is c1ccc2c(c1)CCN2c1noc(C2CCC3CCCCC3C2)n1. The summed E-state index contributed by atoms with van der Waals surface area (Å²) in [6.07, 6.45) is 10.6. The van der Waals surface area contributed by atoms with Crippen molar-refractivity contribution in [1.29, 1.82) is 0 Å². The molecule has 2 aromatic rings. The summed E-state index contributed by atoms with van der Waals surface area (Å²) in [7, 11) is 0. The number of nitrogens with zero attached hydrogens (tertiary/aromatic N) is 3. The lowest BCUT2D eigenvalue weighted by Gasteiger charge is -2.38. The van der Waals surface area contributed by atoms with E-state index in [-0.39, 0.29) is 0 Å². The molecule has 2 heterocycles. The Morgan fingerprint density at radius 3 is 2.83 bits per heavy atom. The first-order valence-corrected chi connectivity index (χ1v) is 9.57. The van der Waals surface area contributed by atoms with Gasteiger partial charge in [-0.1, -0.05) is 43.9 Å². The first-order chi connectivity index (χ1) is 11.9. The van der Waals surface area contributed by atoms with Gasteiger partial charge in [-0.05, 0) is 54.3 Å². The molecule has 4 heteroatoms. The molecule has 2 saturated carbocycles. The highest BCUT2D eigenvalue weighted by molar-refractivity contribution is 5.65. The van der Waals surface area contributed by atoms with E-state index >= 15 is 0 Å². The minimum Gasteiger partial charge on any atom is -0.337 e. The Morgan fingerprint density at radius 2 is 1.88 bits per heavy atom. The Kier molecular flexibility index (Phi) is 3.57. The summed E-state index contributed by atoms with van der Waals surface area (Å²) in [4.78, 5) is 7.00. The number of rotatable bonds is 2. The van der Waals surface area contributed by atoms with Gasteiger partial charge in [0.25, 0.3) is 5.95 Å². The van der Waals surface area contributed by atoms with Crippen LogP contribution in [0.25, 0.3) is 0 Å². The largest absolute Gasteiger partial charge is 0.337 e. The van der Waals surface area contributed by atoms with E-state index in [1.807, 2.05) is 0 Å². The van der Waals surface area contributed by atoms with Crippen LogP contribution in [0.2, 0.25) is 0 Å². The predicted octanol–water partition coefficient (Wildman–Crippen LogP) is 4.84. The summed E-state index contributed by atoms with van der Waals surface area (Å²) in [5.74, 6) is 3.95. The molecule has 0 N–H and O–H groups in total. The molecule has 3 aliphatic rings. The smallest absolute Gasteiger partial charge is 0.270 e. The van der Waals surface area contributed by atoms with Crippen molar-refractivity contribution < 1.29 is 4.52 Å². The van der Waals surface area contributed by atoms with Gasteiger partial charge in [0, 0.05) is 18.2 Å². The van der Waals surface area contributed by atoms with Crippen LogP contribution in [0.15, 0.2) is 28.8 Å². The summed E-state index contributed by atoms with van der Waals surface area (Å²) in [6, 6.07) is 8.54. The highest BCUT2D eigenvalue weighted by Gasteiger charge is 2.35. The highest BCUT2D eigenvalue weighted by atomic mass is 16.5. The molecule has 3 atom stereocenters. The van der Waals surface area contributed by atoms with Crippen LogP contribution in [0.3, 0.4) is 0 Å². The molecule has 0 bridgehead atoms. The number of aromatic nitrogens is 2. The Balaban J connectivity index is 1.35. The monoisotopic (exact) mass is 323 g/mol. The third kappa shape index (κ3) is 2.43. The van der Waals surface area contributed by atoms with E-state index < -0.39 is 0 Å². The molecule has 0 amide bonds. The lowest BCUT2D eigenvalue weighted by molar-refractivity contribution is 0.142. The molecule has 1 aromatic carbocycles. The molecule has 24 heavy (non-hydrogen) atoms. The molecule has 2 fully saturated rings. The van der Waals surface area contributed by atoms with Crippen molar-refractivity contribution in [2.75, 3.05) is 11.4 Å². The van der Waals surface area contributed by atoms with Gasteiger partial charge >= 0.3 is 0 Å². The maximum Gasteiger partial charge on any atom is 0.270 e. The first-order valence-electron chi connectivity index (χ1n) is 9.57. The zero-order valence-corrected chi connectivity index (χ0v) is 14.2. The third-order valence-corrected chi connectivity index (χ3v) is 6.45. The number of anilines is 2. The van der Waals surface area contributed by atoms with Crippen LogP contribution in [0, 0.1) is 11.8 Å². The minimum atomic E-state index is 0.475. The summed E-state index contributed by atoms with van der Waals surface area (Å²) in [6.45, 7) is 0.952. The van der Waals surface area contributed by atoms with Gasteiger partial charge in [-0.3, -0.25) is 0 Å². The van der Waals surface area contributed by atoms with E-state index in [1.165, 1.54) is 56.2 Å².